The van der Waals surface area contributed by atoms with Crippen LogP contribution >= 0.6 is 12.3 Å². The van der Waals surface area contributed by atoms with Gasteiger partial charge in [0, 0.05) is 25.7 Å². The first-order valence-corrected chi connectivity index (χ1v) is 8.41. The van der Waals surface area contributed by atoms with Crippen molar-refractivity contribution in [1.29, 1.82) is 0 Å². The van der Waals surface area contributed by atoms with E-state index in [1.54, 1.807) is 4.90 Å². The van der Waals surface area contributed by atoms with Crippen molar-refractivity contribution in [2.45, 2.75) is 43.8 Å². The molecule has 0 aromatic heterocycles. The van der Waals surface area contributed by atoms with Crippen LogP contribution in [0.1, 0.15) is 25.7 Å². The van der Waals surface area contributed by atoms with Gasteiger partial charge < -0.3 is 20.1 Å². The van der Waals surface area contributed by atoms with Gasteiger partial charge in [0.05, 0.1) is 6.04 Å². The van der Waals surface area contributed by atoms with Crippen molar-refractivity contribution in [3.63, 3.8) is 0 Å². The summed E-state index contributed by atoms with van der Waals surface area (Å²) < 4.78 is 13.7. The fourth-order valence-electron chi connectivity index (χ4n) is 4.19. The van der Waals surface area contributed by atoms with E-state index in [0.717, 1.165) is 25.9 Å². The van der Waals surface area contributed by atoms with Crippen LogP contribution < -0.4 is 10.6 Å². The number of nitrogens with one attached hydrogen (secondary N) is 2. The van der Waals surface area contributed by atoms with Gasteiger partial charge in [-0.15, -0.1) is 0 Å². The van der Waals surface area contributed by atoms with Gasteiger partial charge in [-0.3, -0.25) is 4.79 Å². The van der Waals surface area contributed by atoms with Crippen LogP contribution in [-0.2, 0) is 9.08 Å². The number of hydrogen-bond donors (Lipinski definition) is 3. The van der Waals surface area contributed by atoms with Crippen LogP contribution in [0, 0.1) is 5.41 Å². The van der Waals surface area contributed by atoms with Crippen molar-refractivity contribution in [3.8, 4) is 0 Å². The lowest BCUT2D eigenvalue weighted by atomic mass is 9.61. The molecule has 1 aliphatic carbocycles. The Morgan fingerprint density at radius 2 is 2.18 bits per heavy atom. The monoisotopic (exact) mass is 328 g/mol. The lowest BCUT2D eigenvalue weighted by Gasteiger charge is -2.54. The maximum absolute atomic E-state index is 12.5. The molecule has 0 unspecified atom stereocenters. The van der Waals surface area contributed by atoms with E-state index in [1.807, 2.05) is 0 Å². The molecule has 1 saturated carbocycles. The van der Waals surface area contributed by atoms with Crippen LogP contribution in [0.15, 0.2) is 0 Å². The van der Waals surface area contributed by atoms with Crippen molar-refractivity contribution in [1.82, 2.24) is 20.6 Å². The first-order valence-electron chi connectivity index (χ1n) is 7.71. The van der Waals surface area contributed by atoms with Crippen LogP contribution in [-0.4, -0.2) is 64.2 Å². The molecular formula is C13H20N4O4S. The smallest absolute Gasteiger partial charge is 0.346 e. The summed E-state index contributed by atoms with van der Waals surface area (Å²) >= 11 is 0.165. The Hall–Kier alpha value is -1.03. The molecule has 2 bridgehead atoms. The molecule has 9 heteroatoms. The van der Waals surface area contributed by atoms with Crippen LogP contribution in [0.25, 0.3) is 0 Å². The Morgan fingerprint density at radius 3 is 2.82 bits per heavy atom. The van der Waals surface area contributed by atoms with Gasteiger partial charge in [0.2, 0.25) is 5.91 Å². The highest BCUT2D eigenvalue weighted by molar-refractivity contribution is 7.88. The number of hydrogen-bond acceptors (Lipinski definition) is 6. The van der Waals surface area contributed by atoms with Crippen LogP contribution in [0.5, 0.6) is 0 Å². The fourth-order valence-corrected chi connectivity index (χ4v) is 4.45. The second-order valence-corrected chi connectivity index (χ2v) is 7.17. The SMILES string of the molecule is O=C(NC1CC2(CNC2)C1)[C@@H]1CC[C@@H]2CN1C(=O)N2OSO. The second kappa shape index (κ2) is 5.26. The van der Waals surface area contributed by atoms with Gasteiger partial charge in [-0.1, -0.05) is 0 Å². The lowest BCUT2D eigenvalue weighted by Crippen LogP contribution is -2.66. The van der Waals surface area contributed by atoms with E-state index in [2.05, 4.69) is 10.6 Å². The van der Waals surface area contributed by atoms with Crippen LogP contribution in [0.4, 0.5) is 4.79 Å². The number of amides is 3. The first-order chi connectivity index (χ1) is 10.6. The van der Waals surface area contributed by atoms with Crippen molar-refractivity contribution in [2.75, 3.05) is 19.6 Å². The number of urea groups is 1. The summed E-state index contributed by atoms with van der Waals surface area (Å²) in [5.41, 5.74) is 0.419. The third-order valence-electron chi connectivity index (χ3n) is 5.44. The van der Waals surface area contributed by atoms with E-state index in [4.69, 9.17) is 8.84 Å². The predicted molar refractivity (Wildman–Crippen MR) is 78.5 cm³/mol. The molecular weight excluding hydrogens is 308 g/mol. The summed E-state index contributed by atoms with van der Waals surface area (Å²) in [5.74, 6) is -0.0579. The zero-order chi connectivity index (χ0) is 15.3. The van der Waals surface area contributed by atoms with Crippen LogP contribution in [0.3, 0.4) is 0 Å². The highest BCUT2D eigenvalue weighted by Gasteiger charge is 2.51. The predicted octanol–water partition coefficient (Wildman–Crippen LogP) is 0.176. The van der Waals surface area contributed by atoms with Gasteiger partial charge in [0.1, 0.15) is 6.04 Å². The third-order valence-corrected chi connectivity index (χ3v) is 5.67. The van der Waals surface area contributed by atoms with Gasteiger partial charge in [-0.05, 0) is 31.1 Å². The summed E-state index contributed by atoms with van der Waals surface area (Å²) in [4.78, 5) is 26.3. The van der Waals surface area contributed by atoms with Gasteiger partial charge in [-0.2, -0.15) is 9.35 Å². The summed E-state index contributed by atoms with van der Waals surface area (Å²) in [6, 6.07) is -0.593. The molecule has 4 aliphatic rings. The average molecular weight is 328 g/mol. The van der Waals surface area contributed by atoms with Gasteiger partial charge in [-0.25, -0.2) is 4.79 Å². The Morgan fingerprint density at radius 1 is 1.41 bits per heavy atom. The molecule has 3 heterocycles. The zero-order valence-corrected chi connectivity index (χ0v) is 13.0. The van der Waals surface area contributed by atoms with Crippen molar-refractivity contribution in [3.05, 3.63) is 0 Å². The average Bonchev–Trinajstić information content (AvgIpc) is 2.66. The van der Waals surface area contributed by atoms with Crippen molar-refractivity contribution in [2.24, 2.45) is 5.41 Å². The number of hydroxylamine groups is 2. The van der Waals surface area contributed by atoms with E-state index in [-0.39, 0.29) is 36.3 Å². The Balaban J connectivity index is 1.35. The Kier molecular flexibility index (Phi) is 3.48. The third kappa shape index (κ3) is 2.18. The van der Waals surface area contributed by atoms with Crippen molar-refractivity contribution < 1.29 is 18.4 Å². The highest BCUT2D eigenvalue weighted by atomic mass is 32.2. The largest absolute Gasteiger partial charge is 0.352 e. The zero-order valence-electron chi connectivity index (χ0n) is 12.2. The summed E-state index contributed by atoms with van der Waals surface area (Å²) in [6.45, 7) is 2.59. The van der Waals surface area contributed by atoms with E-state index < -0.39 is 6.04 Å². The number of fused-ring (bicyclic) bond motifs is 2. The van der Waals surface area contributed by atoms with Gasteiger partial charge >= 0.3 is 6.03 Å². The number of carbonyl (C=O) groups is 2. The molecule has 0 aromatic rings. The first kappa shape index (κ1) is 14.6. The number of nitrogens with zero attached hydrogens (tertiary/aromatic N) is 2. The summed E-state index contributed by atoms with van der Waals surface area (Å²) in [5, 5.41) is 7.54. The number of rotatable bonds is 4. The molecule has 3 saturated heterocycles. The topological polar surface area (TPSA) is 94.1 Å². The molecule has 3 aliphatic heterocycles. The van der Waals surface area contributed by atoms with E-state index in [1.165, 1.54) is 5.06 Å². The minimum Gasteiger partial charge on any atom is -0.352 e. The fraction of sp³-hybridized carbons (Fsp3) is 0.846. The molecule has 8 nitrogen and oxygen atoms in total. The quantitative estimate of drug-likeness (QED) is 0.637. The Labute approximate surface area is 132 Å². The van der Waals surface area contributed by atoms with E-state index >= 15 is 0 Å². The van der Waals surface area contributed by atoms with Crippen molar-refractivity contribution >= 4 is 24.3 Å². The minimum atomic E-state index is -0.419. The summed E-state index contributed by atoms with van der Waals surface area (Å²) in [6.07, 6.45) is 3.41. The highest BCUT2D eigenvalue weighted by Crippen LogP contribution is 2.44. The standard InChI is InChI=1S/C13H20N4O4S/c18-11(15-8-3-13(4-8)6-14-7-13)10-2-1-9-5-16(10)12(19)17(9)21-22-20/h8-10,14,20H,1-7H2,(H,15,18)/t9-,10+/m1/s1. The molecule has 22 heavy (non-hydrogen) atoms. The molecule has 4 rings (SSSR count). The molecule has 0 radical (unpaired) electrons. The van der Waals surface area contributed by atoms with E-state index in [9.17, 15) is 9.59 Å². The van der Waals surface area contributed by atoms with Gasteiger partial charge in [0.25, 0.3) is 0 Å². The molecule has 0 aromatic carbocycles. The summed E-state index contributed by atoms with van der Waals surface area (Å²) in [7, 11) is 0. The molecule has 4 fully saturated rings. The lowest BCUT2D eigenvalue weighted by molar-refractivity contribution is -0.129. The maximum Gasteiger partial charge on any atom is 0.346 e. The second-order valence-electron chi connectivity index (χ2n) is 6.87. The number of carbonyl (C=O) groups excluding carboxylic acids is 2. The molecule has 3 amide bonds. The Bertz CT molecular complexity index is 492. The molecule has 2 atom stereocenters. The van der Waals surface area contributed by atoms with Crippen LogP contribution in [0.2, 0.25) is 0 Å². The minimum absolute atomic E-state index is 0.0579. The molecule has 1 spiro atoms. The normalized spacial score (nSPS) is 32.9. The number of piperidine rings is 1. The molecule has 3 N–H and O–H groups in total. The molecule has 122 valence electrons. The maximum atomic E-state index is 12.5. The van der Waals surface area contributed by atoms with E-state index in [0.29, 0.717) is 24.8 Å². The van der Waals surface area contributed by atoms with Gasteiger partial charge in [0.15, 0.2) is 12.3 Å².